The average Bonchev–Trinajstić information content (AvgIpc) is 2.28. The molecular weight excluding hydrogens is 224 g/mol. The van der Waals surface area contributed by atoms with Crippen molar-refractivity contribution in [3.05, 3.63) is 42.5 Å². The minimum atomic E-state index is -1.42. The van der Waals surface area contributed by atoms with Gasteiger partial charge in [-0.05, 0) is 22.9 Å². The van der Waals surface area contributed by atoms with Gasteiger partial charge in [-0.2, -0.15) is 0 Å². The minimum absolute atomic E-state index is 0.744. The fourth-order valence-electron chi connectivity index (χ4n) is 1.42. The Labute approximate surface area is 96.7 Å². The highest BCUT2D eigenvalue weighted by molar-refractivity contribution is 8.00. The highest BCUT2D eigenvalue weighted by atomic mass is 32.2. The molecule has 0 aliphatic heterocycles. The Kier molecular flexibility index (Phi) is 3.12. The van der Waals surface area contributed by atoms with Crippen LogP contribution < -0.4 is 0 Å². The van der Waals surface area contributed by atoms with E-state index in [0.717, 1.165) is 27.4 Å². The summed E-state index contributed by atoms with van der Waals surface area (Å²) in [7, 11) is 0. The number of hydrogen-bond acceptors (Lipinski definition) is 3. The number of aliphatic hydroxyl groups excluding tert-OH is 1. The lowest BCUT2D eigenvalue weighted by Gasteiger charge is -2.06. The van der Waals surface area contributed by atoms with Gasteiger partial charge in [-0.15, -0.1) is 0 Å². The van der Waals surface area contributed by atoms with Crippen LogP contribution in [-0.4, -0.2) is 21.6 Å². The van der Waals surface area contributed by atoms with Crippen LogP contribution in [-0.2, 0) is 4.79 Å². The summed E-state index contributed by atoms with van der Waals surface area (Å²) < 4.78 is 0. The molecule has 0 aliphatic rings. The zero-order chi connectivity index (χ0) is 11.5. The largest absolute Gasteiger partial charge is 0.479 e. The van der Waals surface area contributed by atoms with Crippen molar-refractivity contribution in [1.29, 1.82) is 0 Å². The first-order valence-electron chi connectivity index (χ1n) is 4.73. The third-order valence-corrected chi connectivity index (χ3v) is 3.13. The van der Waals surface area contributed by atoms with Crippen LogP contribution in [0.3, 0.4) is 0 Å². The predicted molar refractivity (Wildman–Crippen MR) is 63.4 cm³/mol. The van der Waals surface area contributed by atoms with Gasteiger partial charge in [-0.1, -0.05) is 42.1 Å². The number of aliphatic carboxylic acids is 1. The maximum absolute atomic E-state index is 10.5. The van der Waals surface area contributed by atoms with Crippen LogP contribution in [0.5, 0.6) is 0 Å². The van der Waals surface area contributed by atoms with E-state index in [1.807, 2.05) is 36.4 Å². The molecule has 0 heterocycles. The first kappa shape index (κ1) is 11.0. The van der Waals surface area contributed by atoms with Crippen LogP contribution in [0.1, 0.15) is 0 Å². The lowest BCUT2D eigenvalue weighted by molar-refractivity contribution is -0.141. The lowest BCUT2D eigenvalue weighted by atomic mass is 10.1. The molecule has 0 saturated carbocycles. The maximum Gasteiger partial charge on any atom is 0.343 e. The Morgan fingerprint density at radius 3 is 2.50 bits per heavy atom. The predicted octanol–water partition coefficient (Wildman–Crippen LogP) is 2.33. The number of carboxylic acid groups (broad SMARTS) is 1. The third kappa shape index (κ3) is 2.35. The second-order valence-corrected chi connectivity index (χ2v) is 4.47. The van der Waals surface area contributed by atoms with Gasteiger partial charge in [0.05, 0.1) is 0 Å². The van der Waals surface area contributed by atoms with Gasteiger partial charge < -0.3 is 10.2 Å². The summed E-state index contributed by atoms with van der Waals surface area (Å²) in [5.41, 5.74) is -1.42. The summed E-state index contributed by atoms with van der Waals surface area (Å²) >= 11 is 0.923. The van der Waals surface area contributed by atoms with E-state index in [0.29, 0.717) is 0 Å². The molecule has 2 aromatic rings. The highest BCUT2D eigenvalue weighted by Gasteiger charge is 2.14. The number of hydrogen-bond donors (Lipinski definition) is 2. The quantitative estimate of drug-likeness (QED) is 0.632. The van der Waals surface area contributed by atoms with Crippen LogP contribution in [0.2, 0.25) is 0 Å². The standard InChI is InChI=1S/C12H10O3S/c13-11(14)12(15)16-10-6-5-8-3-1-2-4-9(8)7-10/h1-7,12,15H,(H,13,14). The average molecular weight is 234 g/mol. The zero-order valence-corrected chi connectivity index (χ0v) is 9.15. The van der Waals surface area contributed by atoms with E-state index in [1.54, 1.807) is 6.07 Å². The topological polar surface area (TPSA) is 57.5 Å². The summed E-state index contributed by atoms with van der Waals surface area (Å²) in [6.45, 7) is 0. The molecule has 0 radical (unpaired) electrons. The normalized spacial score (nSPS) is 12.6. The van der Waals surface area contributed by atoms with Crippen molar-refractivity contribution in [3.8, 4) is 0 Å². The fourth-order valence-corrected chi connectivity index (χ4v) is 2.12. The number of fused-ring (bicyclic) bond motifs is 1. The van der Waals surface area contributed by atoms with E-state index >= 15 is 0 Å². The van der Waals surface area contributed by atoms with E-state index in [2.05, 4.69) is 0 Å². The van der Waals surface area contributed by atoms with Gasteiger partial charge in [-0.3, -0.25) is 0 Å². The van der Waals surface area contributed by atoms with Crippen molar-refractivity contribution in [3.63, 3.8) is 0 Å². The number of benzene rings is 2. The van der Waals surface area contributed by atoms with Gasteiger partial charge in [0.25, 0.3) is 0 Å². The van der Waals surface area contributed by atoms with Crippen molar-refractivity contribution >= 4 is 28.5 Å². The van der Waals surface area contributed by atoms with Gasteiger partial charge in [-0.25, -0.2) is 4.79 Å². The Bertz CT molecular complexity index is 524. The van der Waals surface area contributed by atoms with Crippen LogP contribution in [0.25, 0.3) is 10.8 Å². The molecule has 1 unspecified atom stereocenters. The van der Waals surface area contributed by atoms with Gasteiger partial charge in [0.1, 0.15) is 0 Å². The van der Waals surface area contributed by atoms with Crippen molar-refractivity contribution in [1.82, 2.24) is 0 Å². The summed E-state index contributed by atoms with van der Waals surface area (Å²) in [6.07, 6.45) is 0. The molecule has 0 bridgehead atoms. The molecule has 2 rings (SSSR count). The van der Waals surface area contributed by atoms with Crippen LogP contribution in [0.15, 0.2) is 47.4 Å². The smallest absolute Gasteiger partial charge is 0.343 e. The zero-order valence-electron chi connectivity index (χ0n) is 8.33. The van der Waals surface area contributed by atoms with Gasteiger partial charge >= 0.3 is 5.97 Å². The molecule has 1 atom stereocenters. The van der Waals surface area contributed by atoms with Crippen molar-refractivity contribution in [2.45, 2.75) is 10.3 Å². The summed E-state index contributed by atoms with van der Waals surface area (Å²) in [5.74, 6) is -1.22. The maximum atomic E-state index is 10.5. The molecule has 0 spiro atoms. The summed E-state index contributed by atoms with van der Waals surface area (Å²) in [5, 5.41) is 19.9. The molecule has 0 fully saturated rings. The van der Waals surface area contributed by atoms with E-state index in [9.17, 15) is 9.90 Å². The second kappa shape index (κ2) is 4.55. The first-order valence-corrected chi connectivity index (χ1v) is 5.61. The number of aliphatic hydroxyl groups is 1. The Hall–Kier alpha value is -1.52. The van der Waals surface area contributed by atoms with E-state index < -0.39 is 11.4 Å². The molecule has 16 heavy (non-hydrogen) atoms. The molecule has 0 amide bonds. The highest BCUT2D eigenvalue weighted by Crippen LogP contribution is 2.26. The number of carboxylic acids is 1. The van der Waals surface area contributed by atoms with Crippen molar-refractivity contribution in [2.24, 2.45) is 0 Å². The van der Waals surface area contributed by atoms with Crippen LogP contribution in [0.4, 0.5) is 0 Å². The number of thioether (sulfide) groups is 1. The monoisotopic (exact) mass is 234 g/mol. The van der Waals surface area contributed by atoms with Crippen molar-refractivity contribution in [2.75, 3.05) is 0 Å². The fraction of sp³-hybridized carbons (Fsp3) is 0.0833. The van der Waals surface area contributed by atoms with E-state index in [-0.39, 0.29) is 0 Å². The van der Waals surface area contributed by atoms with Gasteiger partial charge in [0, 0.05) is 4.90 Å². The SMILES string of the molecule is O=C(O)C(O)Sc1ccc2ccccc2c1. The third-order valence-electron chi connectivity index (χ3n) is 2.18. The summed E-state index contributed by atoms with van der Waals surface area (Å²) in [6, 6.07) is 13.4. The molecular formula is C12H10O3S. The molecule has 2 aromatic carbocycles. The Morgan fingerprint density at radius 1 is 1.12 bits per heavy atom. The molecule has 0 saturated heterocycles. The Balaban J connectivity index is 2.29. The molecule has 0 aliphatic carbocycles. The molecule has 0 aromatic heterocycles. The van der Waals surface area contributed by atoms with Crippen molar-refractivity contribution < 1.29 is 15.0 Å². The number of rotatable bonds is 3. The number of carbonyl (C=O) groups is 1. The van der Waals surface area contributed by atoms with Gasteiger partial charge in [0.15, 0.2) is 0 Å². The minimum Gasteiger partial charge on any atom is -0.479 e. The van der Waals surface area contributed by atoms with E-state index in [4.69, 9.17) is 5.11 Å². The Morgan fingerprint density at radius 2 is 1.81 bits per heavy atom. The van der Waals surface area contributed by atoms with Crippen LogP contribution >= 0.6 is 11.8 Å². The summed E-state index contributed by atoms with van der Waals surface area (Å²) in [4.78, 5) is 11.2. The second-order valence-electron chi connectivity index (χ2n) is 3.32. The molecule has 4 heteroatoms. The van der Waals surface area contributed by atoms with E-state index in [1.165, 1.54) is 0 Å². The van der Waals surface area contributed by atoms with Crippen LogP contribution in [0, 0.1) is 0 Å². The lowest BCUT2D eigenvalue weighted by Crippen LogP contribution is -2.14. The molecule has 2 N–H and O–H groups in total. The molecule has 82 valence electrons. The molecule has 3 nitrogen and oxygen atoms in total. The first-order chi connectivity index (χ1) is 7.66. The van der Waals surface area contributed by atoms with Gasteiger partial charge in [0.2, 0.25) is 5.44 Å².